The number of aromatic nitrogens is 4. The van der Waals surface area contributed by atoms with Crippen molar-refractivity contribution in [2.75, 3.05) is 12.3 Å². The predicted molar refractivity (Wildman–Crippen MR) is 133 cm³/mol. The summed E-state index contributed by atoms with van der Waals surface area (Å²) in [6.45, 7) is 8.26. The topological polar surface area (TPSA) is 81.7 Å². The zero-order valence-electron chi connectivity index (χ0n) is 17.3. The molecule has 0 fully saturated rings. The summed E-state index contributed by atoms with van der Waals surface area (Å²) in [4.78, 5) is 14.6. The number of hydrogen-bond acceptors (Lipinski definition) is 6. The molecule has 3 N–H and O–H groups in total. The normalized spacial score (nSPS) is 12.1. The van der Waals surface area contributed by atoms with Gasteiger partial charge in [0.25, 0.3) is 0 Å². The molecule has 0 atom stereocenters. The highest BCUT2D eigenvalue weighted by molar-refractivity contribution is 14.1. The van der Waals surface area contributed by atoms with Gasteiger partial charge in [-0.3, -0.25) is 0 Å². The van der Waals surface area contributed by atoms with Crippen LogP contribution < -0.4 is 11.1 Å². The van der Waals surface area contributed by atoms with Gasteiger partial charge in [-0.05, 0) is 79.2 Å². The second kappa shape index (κ2) is 8.68. The van der Waals surface area contributed by atoms with Crippen LogP contribution in [0.15, 0.2) is 52.8 Å². The minimum atomic E-state index is 0.0996. The molecule has 0 saturated carbocycles. The van der Waals surface area contributed by atoms with Crippen LogP contribution in [0.2, 0.25) is 0 Å². The first-order valence-electron chi connectivity index (χ1n) is 9.90. The number of nitrogens with two attached hydrogens (primary N) is 1. The largest absolute Gasteiger partial charge is 0.382 e. The lowest BCUT2D eigenvalue weighted by atomic mass is 10.1. The molecule has 4 rings (SSSR count). The summed E-state index contributed by atoms with van der Waals surface area (Å²) in [5.74, 6) is 0.418. The highest BCUT2D eigenvalue weighted by Crippen LogP contribution is 2.35. The van der Waals surface area contributed by atoms with Crippen molar-refractivity contribution in [3.8, 4) is 0 Å². The number of nitrogens with zero attached hydrogens (tertiary/aromatic N) is 4. The Balaban J connectivity index is 1.68. The van der Waals surface area contributed by atoms with Crippen LogP contribution in [0, 0.1) is 3.57 Å². The number of anilines is 1. The van der Waals surface area contributed by atoms with Gasteiger partial charge in [-0.1, -0.05) is 36.0 Å². The molecule has 0 aliphatic carbocycles. The van der Waals surface area contributed by atoms with Gasteiger partial charge in [0, 0.05) is 20.5 Å². The fourth-order valence-corrected chi connectivity index (χ4v) is 5.07. The van der Waals surface area contributed by atoms with Crippen molar-refractivity contribution in [1.82, 2.24) is 24.8 Å². The van der Waals surface area contributed by atoms with Crippen molar-refractivity contribution < 1.29 is 0 Å². The molecule has 4 aromatic rings. The summed E-state index contributed by atoms with van der Waals surface area (Å²) in [5.41, 5.74) is 7.65. The second-order valence-electron chi connectivity index (χ2n) is 8.24. The van der Waals surface area contributed by atoms with Gasteiger partial charge in [0.15, 0.2) is 22.1 Å². The van der Waals surface area contributed by atoms with Crippen LogP contribution in [0.1, 0.15) is 27.2 Å². The Morgan fingerprint density at radius 2 is 1.87 bits per heavy atom. The fourth-order valence-electron chi connectivity index (χ4n) is 3.28. The third-order valence-electron chi connectivity index (χ3n) is 4.74. The molecule has 0 saturated heterocycles. The SMILES string of the molecule is CC(C)(C)NCCCn1c(Sc2cc3ccccc3cc2I)nc2c(N)ncnc21. The van der Waals surface area contributed by atoms with E-state index in [2.05, 4.69) is 99.6 Å². The number of rotatable bonds is 6. The van der Waals surface area contributed by atoms with Crippen LogP contribution in [0.5, 0.6) is 0 Å². The highest BCUT2D eigenvalue weighted by atomic mass is 127. The van der Waals surface area contributed by atoms with Crippen molar-refractivity contribution >= 4 is 62.1 Å². The van der Waals surface area contributed by atoms with Gasteiger partial charge in [-0.25, -0.2) is 15.0 Å². The number of benzene rings is 2. The van der Waals surface area contributed by atoms with E-state index in [-0.39, 0.29) is 5.54 Å². The van der Waals surface area contributed by atoms with E-state index in [1.54, 1.807) is 11.8 Å². The van der Waals surface area contributed by atoms with E-state index in [1.165, 1.54) is 25.6 Å². The maximum Gasteiger partial charge on any atom is 0.175 e. The highest BCUT2D eigenvalue weighted by Gasteiger charge is 2.17. The van der Waals surface area contributed by atoms with E-state index in [4.69, 9.17) is 10.7 Å². The fraction of sp³-hybridized carbons (Fsp3) is 0.318. The maximum absolute atomic E-state index is 6.10. The third kappa shape index (κ3) is 4.70. The molecule has 0 aliphatic heterocycles. The Bertz CT molecular complexity index is 1200. The lowest BCUT2D eigenvalue weighted by Gasteiger charge is -2.20. The second-order valence-corrected chi connectivity index (χ2v) is 10.4. The molecule has 0 bridgehead atoms. The molecule has 30 heavy (non-hydrogen) atoms. The van der Waals surface area contributed by atoms with Gasteiger partial charge in [0.1, 0.15) is 6.33 Å². The van der Waals surface area contributed by atoms with Crippen molar-refractivity contribution in [2.24, 2.45) is 0 Å². The molecule has 2 aromatic heterocycles. The lowest BCUT2D eigenvalue weighted by Crippen LogP contribution is -2.36. The van der Waals surface area contributed by atoms with Gasteiger partial charge in [-0.2, -0.15) is 0 Å². The summed E-state index contributed by atoms with van der Waals surface area (Å²) in [7, 11) is 0. The first kappa shape index (κ1) is 21.3. The Labute approximate surface area is 194 Å². The number of nitrogen functional groups attached to an aromatic ring is 1. The summed E-state index contributed by atoms with van der Waals surface area (Å²) in [6, 6.07) is 12.9. The molecule has 0 amide bonds. The van der Waals surface area contributed by atoms with Crippen LogP contribution >= 0.6 is 34.4 Å². The molecule has 6 nitrogen and oxygen atoms in total. The van der Waals surface area contributed by atoms with Crippen LogP contribution in [0.4, 0.5) is 5.82 Å². The number of nitrogens with one attached hydrogen (secondary N) is 1. The predicted octanol–water partition coefficient (Wildman–Crippen LogP) is 5.10. The van der Waals surface area contributed by atoms with E-state index in [0.29, 0.717) is 11.3 Å². The average molecular weight is 532 g/mol. The molecule has 0 spiro atoms. The van der Waals surface area contributed by atoms with Crippen molar-refractivity contribution in [3.05, 3.63) is 46.3 Å². The first-order chi connectivity index (χ1) is 14.3. The molecular weight excluding hydrogens is 507 g/mol. The zero-order valence-corrected chi connectivity index (χ0v) is 20.3. The van der Waals surface area contributed by atoms with Crippen LogP contribution in [-0.2, 0) is 6.54 Å². The monoisotopic (exact) mass is 532 g/mol. The quantitative estimate of drug-likeness (QED) is 0.266. The third-order valence-corrected chi connectivity index (χ3v) is 7.05. The van der Waals surface area contributed by atoms with Gasteiger partial charge < -0.3 is 15.6 Å². The molecule has 156 valence electrons. The summed E-state index contributed by atoms with van der Waals surface area (Å²) in [6.07, 6.45) is 2.48. The van der Waals surface area contributed by atoms with E-state index in [0.717, 1.165) is 30.3 Å². The molecule has 0 unspecified atom stereocenters. The first-order valence-corrected chi connectivity index (χ1v) is 11.8. The number of halogens is 1. The molecule has 0 radical (unpaired) electrons. The summed E-state index contributed by atoms with van der Waals surface area (Å²) >= 11 is 4.05. The summed E-state index contributed by atoms with van der Waals surface area (Å²) < 4.78 is 3.36. The Hall–Kier alpha value is -1.91. The van der Waals surface area contributed by atoms with Crippen LogP contribution in [0.25, 0.3) is 21.9 Å². The Morgan fingerprint density at radius 3 is 2.60 bits per heavy atom. The number of hydrogen-bond donors (Lipinski definition) is 2. The molecule has 8 heteroatoms. The minimum absolute atomic E-state index is 0.0996. The van der Waals surface area contributed by atoms with Crippen LogP contribution in [-0.4, -0.2) is 31.6 Å². The molecule has 0 aliphatic rings. The molecule has 2 heterocycles. The van der Waals surface area contributed by atoms with Crippen molar-refractivity contribution in [2.45, 2.75) is 49.3 Å². The lowest BCUT2D eigenvalue weighted by molar-refractivity contribution is 0.412. The van der Waals surface area contributed by atoms with Crippen molar-refractivity contribution in [1.29, 1.82) is 0 Å². The minimum Gasteiger partial charge on any atom is -0.382 e. The zero-order chi connectivity index (χ0) is 21.3. The molecule has 2 aromatic carbocycles. The van der Waals surface area contributed by atoms with E-state index < -0.39 is 0 Å². The summed E-state index contributed by atoms with van der Waals surface area (Å²) in [5, 5.41) is 6.89. The Kier molecular flexibility index (Phi) is 6.17. The van der Waals surface area contributed by atoms with Gasteiger partial charge in [-0.15, -0.1) is 0 Å². The van der Waals surface area contributed by atoms with Gasteiger partial charge in [0.2, 0.25) is 0 Å². The smallest absolute Gasteiger partial charge is 0.175 e. The Morgan fingerprint density at radius 1 is 1.13 bits per heavy atom. The maximum atomic E-state index is 6.10. The van der Waals surface area contributed by atoms with Crippen molar-refractivity contribution in [3.63, 3.8) is 0 Å². The van der Waals surface area contributed by atoms with Gasteiger partial charge >= 0.3 is 0 Å². The number of imidazole rings is 1. The average Bonchev–Trinajstić information content (AvgIpc) is 3.04. The number of fused-ring (bicyclic) bond motifs is 2. The molecular formula is C22H25IN6S. The van der Waals surface area contributed by atoms with Crippen LogP contribution in [0.3, 0.4) is 0 Å². The van der Waals surface area contributed by atoms with E-state index >= 15 is 0 Å². The van der Waals surface area contributed by atoms with E-state index in [1.807, 2.05) is 0 Å². The van der Waals surface area contributed by atoms with E-state index in [9.17, 15) is 0 Å². The van der Waals surface area contributed by atoms with Gasteiger partial charge in [0.05, 0.1) is 0 Å². The number of aryl methyl sites for hydroxylation is 1. The standard InChI is InChI=1S/C22H25IN6S/c1-22(2,3)27-9-6-10-29-20-18(19(24)25-13-26-20)28-21(29)30-17-12-15-8-5-4-7-14(15)11-16(17)23/h4-5,7-8,11-13,27H,6,9-10H2,1-3H3,(H2,24,25,26).